The zero-order valence-electron chi connectivity index (χ0n) is 13.5. The highest BCUT2D eigenvalue weighted by atomic mass is 16.2. The van der Waals surface area contributed by atoms with Crippen LogP contribution in [0.5, 0.6) is 0 Å². The lowest BCUT2D eigenvalue weighted by Gasteiger charge is -2.27. The van der Waals surface area contributed by atoms with Crippen molar-refractivity contribution in [2.24, 2.45) is 5.92 Å². The van der Waals surface area contributed by atoms with Crippen molar-refractivity contribution < 1.29 is 9.59 Å². The van der Waals surface area contributed by atoms with Gasteiger partial charge in [0.05, 0.1) is 6.67 Å². The molecule has 0 radical (unpaired) electrons. The molecule has 2 rings (SSSR count). The number of amides is 3. The Labute approximate surface area is 127 Å². The number of nitrogens with one attached hydrogen (secondary N) is 1. The molecule has 2 saturated heterocycles. The van der Waals surface area contributed by atoms with Gasteiger partial charge in [-0.25, -0.2) is 4.79 Å². The largest absolute Gasteiger partial charge is 0.336 e. The maximum atomic E-state index is 12.2. The van der Waals surface area contributed by atoms with E-state index in [9.17, 15) is 9.59 Å². The highest BCUT2D eigenvalue weighted by Gasteiger charge is 2.31. The third-order valence-electron chi connectivity index (χ3n) is 4.28. The zero-order chi connectivity index (χ0) is 15.4. The summed E-state index contributed by atoms with van der Waals surface area (Å²) in [4.78, 5) is 29.6. The number of rotatable bonds is 5. The van der Waals surface area contributed by atoms with Crippen LogP contribution in [0, 0.1) is 5.92 Å². The van der Waals surface area contributed by atoms with Crippen molar-refractivity contribution in [3.8, 4) is 0 Å². The first-order valence-corrected chi connectivity index (χ1v) is 8.05. The fraction of sp³-hybridized carbons (Fsp3) is 0.867. The smallest absolute Gasteiger partial charge is 0.319 e. The van der Waals surface area contributed by atoms with Gasteiger partial charge < -0.3 is 10.2 Å². The highest BCUT2D eigenvalue weighted by Crippen LogP contribution is 2.18. The van der Waals surface area contributed by atoms with Crippen LogP contribution in [0.15, 0.2) is 0 Å². The molecular formula is C15H28N4O2. The van der Waals surface area contributed by atoms with E-state index in [1.165, 1.54) is 6.42 Å². The van der Waals surface area contributed by atoms with Gasteiger partial charge in [0.25, 0.3) is 0 Å². The van der Waals surface area contributed by atoms with Gasteiger partial charge in [0, 0.05) is 25.7 Å². The van der Waals surface area contributed by atoms with Crippen LogP contribution in [0.25, 0.3) is 0 Å². The van der Waals surface area contributed by atoms with Crippen molar-refractivity contribution in [3.05, 3.63) is 0 Å². The van der Waals surface area contributed by atoms with Gasteiger partial charge in [-0.05, 0) is 32.2 Å². The molecule has 120 valence electrons. The molecule has 0 aliphatic carbocycles. The molecule has 3 amide bonds. The Balaban J connectivity index is 1.77. The first kappa shape index (κ1) is 16.1. The molecule has 2 fully saturated rings. The second-order valence-corrected chi connectivity index (χ2v) is 6.46. The second-order valence-electron chi connectivity index (χ2n) is 6.46. The predicted octanol–water partition coefficient (Wildman–Crippen LogP) is 0.938. The lowest BCUT2D eigenvalue weighted by atomic mass is 10.1. The average Bonchev–Trinajstić information content (AvgIpc) is 3.02. The SMILES string of the molecule is CCN1CN(C(=O)NC[C@@H]2CCCN2CC(C)C)CC1=O. The van der Waals surface area contributed by atoms with E-state index in [2.05, 4.69) is 24.1 Å². The lowest BCUT2D eigenvalue weighted by molar-refractivity contribution is -0.126. The fourth-order valence-electron chi connectivity index (χ4n) is 3.16. The van der Waals surface area contributed by atoms with Gasteiger partial charge in [0.15, 0.2) is 0 Å². The first-order chi connectivity index (χ1) is 10.0. The minimum absolute atomic E-state index is 0.0370. The Morgan fingerprint density at radius 3 is 2.81 bits per heavy atom. The summed E-state index contributed by atoms with van der Waals surface area (Å²) < 4.78 is 0. The molecule has 2 heterocycles. The van der Waals surface area contributed by atoms with Crippen LogP contribution < -0.4 is 5.32 Å². The van der Waals surface area contributed by atoms with Gasteiger partial charge in [0.2, 0.25) is 5.91 Å². The Bertz CT molecular complexity index is 386. The topological polar surface area (TPSA) is 55.9 Å². The zero-order valence-corrected chi connectivity index (χ0v) is 13.5. The van der Waals surface area contributed by atoms with E-state index in [1.807, 2.05) is 6.92 Å². The van der Waals surface area contributed by atoms with Crippen LogP contribution in [-0.4, -0.2) is 72.1 Å². The summed E-state index contributed by atoms with van der Waals surface area (Å²) in [6, 6.07) is 0.327. The number of carbonyl (C=O) groups excluding carboxylic acids is 2. The van der Waals surface area contributed by atoms with Crippen molar-refractivity contribution in [2.75, 3.05) is 39.4 Å². The molecule has 2 aliphatic rings. The van der Waals surface area contributed by atoms with Gasteiger partial charge in [-0.1, -0.05) is 13.8 Å². The summed E-state index contributed by atoms with van der Waals surface area (Å²) in [5.74, 6) is 0.686. The Morgan fingerprint density at radius 1 is 1.43 bits per heavy atom. The maximum Gasteiger partial charge on any atom is 0.319 e. The summed E-state index contributed by atoms with van der Waals surface area (Å²) in [5.41, 5.74) is 0. The second kappa shape index (κ2) is 7.11. The number of likely N-dealkylation sites (tertiary alicyclic amines) is 1. The van der Waals surface area contributed by atoms with E-state index in [0.717, 1.165) is 19.5 Å². The van der Waals surface area contributed by atoms with Crippen LogP contribution in [0.3, 0.4) is 0 Å². The summed E-state index contributed by atoms with van der Waals surface area (Å²) in [6.07, 6.45) is 2.35. The summed E-state index contributed by atoms with van der Waals surface area (Å²) in [6.45, 7) is 10.6. The molecule has 1 atom stereocenters. The van der Waals surface area contributed by atoms with E-state index >= 15 is 0 Å². The standard InChI is InChI=1S/C15H28N4O2/c1-4-17-11-19(10-14(17)20)15(21)16-8-13-6-5-7-18(13)9-12(2)3/h12-13H,4-11H2,1-3H3,(H,16,21)/t13-/m0/s1. The number of nitrogens with zero attached hydrogens (tertiary/aromatic N) is 3. The molecule has 0 saturated carbocycles. The van der Waals surface area contributed by atoms with Crippen molar-refractivity contribution >= 4 is 11.9 Å². The molecule has 6 nitrogen and oxygen atoms in total. The minimum Gasteiger partial charge on any atom is -0.336 e. The fourth-order valence-corrected chi connectivity index (χ4v) is 3.16. The van der Waals surface area contributed by atoms with Gasteiger partial charge in [-0.3, -0.25) is 14.6 Å². The number of hydrogen-bond donors (Lipinski definition) is 1. The molecule has 0 spiro atoms. The van der Waals surface area contributed by atoms with E-state index in [4.69, 9.17) is 0 Å². The van der Waals surface area contributed by atoms with Crippen LogP contribution in [0.4, 0.5) is 4.79 Å². The normalized spacial score (nSPS) is 23.4. The minimum atomic E-state index is -0.115. The van der Waals surface area contributed by atoms with E-state index in [-0.39, 0.29) is 18.5 Å². The van der Waals surface area contributed by atoms with Crippen LogP contribution >= 0.6 is 0 Å². The van der Waals surface area contributed by atoms with Gasteiger partial charge in [-0.15, -0.1) is 0 Å². The van der Waals surface area contributed by atoms with Crippen LogP contribution in [0.2, 0.25) is 0 Å². The summed E-state index contributed by atoms with van der Waals surface area (Å²) >= 11 is 0. The third kappa shape index (κ3) is 4.09. The van der Waals surface area contributed by atoms with Crippen molar-refractivity contribution in [1.82, 2.24) is 20.0 Å². The molecule has 0 aromatic carbocycles. The number of likely N-dealkylation sites (N-methyl/N-ethyl adjacent to an activating group) is 1. The average molecular weight is 296 g/mol. The van der Waals surface area contributed by atoms with Gasteiger partial charge in [0.1, 0.15) is 6.54 Å². The van der Waals surface area contributed by atoms with E-state index in [1.54, 1.807) is 9.80 Å². The van der Waals surface area contributed by atoms with Crippen LogP contribution in [0.1, 0.15) is 33.6 Å². The molecule has 0 bridgehead atoms. The molecule has 21 heavy (non-hydrogen) atoms. The first-order valence-electron chi connectivity index (χ1n) is 8.05. The molecule has 0 unspecified atom stereocenters. The molecular weight excluding hydrogens is 268 g/mol. The third-order valence-corrected chi connectivity index (χ3v) is 4.28. The Hall–Kier alpha value is -1.30. The molecule has 1 N–H and O–H groups in total. The Morgan fingerprint density at radius 2 is 2.19 bits per heavy atom. The maximum absolute atomic E-state index is 12.2. The quantitative estimate of drug-likeness (QED) is 0.821. The molecule has 0 aromatic rings. The van der Waals surface area contributed by atoms with Crippen molar-refractivity contribution in [2.45, 2.75) is 39.7 Å². The summed E-state index contributed by atoms with van der Waals surface area (Å²) in [5, 5.41) is 3.00. The molecule has 2 aliphatic heterocycles. The van der Waals surface area contributed by atoms with Crippen LogP contribution in [-0.2, 0) is 4.79 Å². The molecule has 0 aromatic heterocycles. The van der Waals surface area contributed by atoms with Gasteiger partial charge >= 0.3 is 6.03 Å². The monoisotopic (exact) mass is 296 g/mol. The highest BCUT2D eigenvalue weighted by molar-refractivity contribution is 5.87. The summed E-state index contributed by atoms with van der Waals surface area (Å²) in [7, 11) is 0. The number of urea groups is 1. The predicted molar refractivity (Wildman–Crippen MR) is 81.8 cm³/mol. The Kier molecular flexibility index (Phi) is 5.45. The van der Waals surface area contributed by atoms with Gasteiger partial charge in [-0.2, -0.15) is 0 Å². The number of hydrogen-bond acceptors (Lipinski definition) is 3. The molecule has 6 heteroatoms. The lowest BCUT2D eigenvalue weighted by Crippen LogP contribution is -2.46. The van der Waals surface area contributed by atoms with E-state index < -0.39 is 0 Å². The number of carbonyl (C=O) groups is 2. The van der Waals surface area contributed by atoms with Crippen molar-refractivity contribution in [1.29, 1.82) is 0 Å². The van der Waals surface area contributed by atoms with E-state index in [0.29, 0.717) is 31.7 Å². The van der Waals surface area contributed by atoms with Crippen molar-refractivity contribution in [3.63, 3.8) is 0 Å².